The Bertz CT molecular complexity index is 597. The number of aryl methyl sites for hydroxylation is 1. The van der Waals surface area contributed by atoms with Crippen molar-refractivity contribution >= 4 is 22.7 Å². The summed E-state index contributed by atoms with van der Waals surface area (Å²) < 4.78 is 0. The molecule has 18 heavy (non-hydrogen) atoms. The Morgan fingerprint density at radius 3 is 2.56 bits per heavy atom. The highest BCUT2D eigenvalue weighted by Crippen LogP contribution is 2.30. The first-order valence-corrected chi connectivity index (χ1v) is 5.44. The Balaban J connectivity index is 2.41. The fourth-order valence-electron chi connectivity index (χ4n) is 1.66. The average Bonchev–Trinajstić information content (AvgIpc) is 2.34. The minimum Gasteiger partial charge on any atom is -0.399 e. The smallest absolute Gasteiger partial charge is 0.294 e. The van der Waals surface area contributed by atoms with Gasteiger partial charge in [-0.3, -0.25) is 10.1 Å². The van der Waals surface area contributed by atoms with Crippen LogP contribution in [0.2, 0.25) is 0 Å². The fraction of sp³-hybridized carbons (Fsp3) is 0.0769. The summed E-state index contributed by atoms with van der Waals surface area (Å²) in [5, 5.41) is 14.0. The van der Waals surface area contributed by atoms with Crippen molar-refractivity contribution in [1.29, 1.82) is 0 Å². The van der Waals surface area contributed by atoms with E-state index < -0.39 is 4.92 Å². The molecular formula is C13H13N3O2. The lowest BCUT2D eigenvalue weighted by Gasteiger charge is -2.09. The van der Waals surface area contributed by atoms with Crippen molar-refractivity contribution in [1.82, 2.24) is 0 Å². The van der Waals surface area contributed by atoms with Gasteiger partial charge >= 0.3 is 0 Å². The van der Waals surface area contributed by atoms with Crippen molar-refractivity contribution in [2.45, 2.75) is 6.92 Å². The third-order valence-corrected chi connectivity index (χ3v) is 2.63. The molecule has 0 saturated heterocycles. The standard InChI is InChI=1S/C13H13N3O2/c1-9-4-2-3-5-11(9)15-12-7-6-10(14)8-13(12)16(17)18/h2-8,15H,14H2,1H3. The summed E-state index contributed by atoms with van der Waals surface area (Å²) in [7, 11) is 0. The van der Waals surface area contributed by atoms with Crippen LogP contribution >= 0.6 is 0 Å². The highest BCUT2D eigenvalue weighted by molar-refractivity contribution is 5.73. The molecule has 0 aliphatic heterocycles. The van der Waals surface area contributed by atoms with Crippen molar-refractivity contribution in [3.05, 3.63) is 58.1 Å². The summed E-state index contributed by atoms with van der Waals surface area (Å²) in [5.74, 6) is 0. The van der Waals surface area contributed by atoms with Crippen LogP contribution in [-0.2, 0) is 0 Å². The van der Waals surface area contributed by atoms with Crippen molar-refractivity contribution in [3.63, 3.8) is 0 Å². The van der Waals surface area contributed by atoms with E-state index >= 15 is 0 Å². The number of hydrogen-bond acceptors (Lipinski definition) is 4. The number of hydrogen-bond donors (Lipinski definition) is 2. The number of rotatable bonds is 3. The number of nitro groups is 1. The van der Waals surface area contributed by atoms with Crippen LogP contribution in [0.15, 0.2) is 42.5 Å². The highest BCUT2D eigenvalue weighted by atomic mass is 16.6. The molecule has 0 amide bonds. The molecule has 2 aromatic carbocycles. The zero-order chi connectivity index (χ0) is 13.1. The van der Waals surface area contributed by atoms with E-state index in [1.54, 1.807) is 12.1 Å². The van der Waals surface area contributed by atoms with E-state index in [0.29, 0.717) is 11.4 Å². The summed E-state index contributed by atoms with van der Waals surface area (Å²) in [6.07, 6.45) is 0. The average molecular weight is 243 g/mol. The molecule has 2 rings (SSSR count). The van der Waals surface area contributed by atoms with E-state index in [9.17, 15) is 10.1 Å². The lowest BCUT2D eigenvalue weighted by atomic mass is 10.2. The van der Waals surface area contributed by atoms with E-state index in [-0.39, 0.29) is 5.69 Å². The minimum absolute atomic E-state index is 0.0294. The number of anilines is 3. The Hall–Kier alpha value is -2.56. The summed E-state index contributed by atoms with van der Waals surface area (Å²) in [4.78, 5) is 10.5. The van der Waals surface area contributed by atoms with Crippen LogP contribution in [0.25, 0.3) is 0 Å². The molecule has 0 fully saturated rings. The van der Waals surface area contributed by atoms with E-state index in [0.717, 1.165) is 11.3 Å². The maximum atomic E-state index is 11.0. The fourth-order valence-corrected chi connectivity index (χ4v) is 1.66. The Labute approximate surface area is 104 Å². The molecule has 5 heteroatoms. The first-order chi connectivity index (χ1) is 8.58. The number of benzene rings is 2. The summed E-state index contributed by atoms with van der Waals surface area (Å²) in [6, 6.07) is 12.2. The number of nitrogen functional groups attached to an aromatic ring is 1. The van der Waals surface area contributed by atoms with E-state index in [2.05, 4.69) is 5.32 Å². The predicted octanol–water partition coefficient (Wildman–Crippen LogP) is 3.23. The molecule has 3 N–H and O–H groups in total. The first-order valence-electron chi connectivity index (χ1n) is 5.44. The molecule has 0 saturated carbocycles. The molecule has 0 aliphatic carbocycles. The van der Waals surface area contributed by atoms with Crippen LogP contribution in [0.5, 0.6) is 0 Å². The number of para-hydroxylation sites is 1. The van der Waals surface area contributed by atoms with Crippen LogP contribution in [0, 0.1) is 17.0 Å². The van der Waals surface area contributed by atoms with Gasteiger partial charge in [0.25, 0.3) is 5.69 Å². The van der Waals surface area contributed by atoms with Crippen LogP contribution in [0.1, 0.15) is 5.56 Å². The lowest BCUT2D eigenvalue weighted by molar-refractivity contribution is -0.383. The second kappa shape index (κ2) is 4.75. The van der Waals surface area contributed by atoms with Gasteiger partial charge in [0, 0.05) is 17.4 Å². The highest BCUT2D eigenvalue weighted by Gasteiger charge is 2.14. The molecule has 0 radical (unpaired) electrons. The van der Waals surface area contributed by atoms with Crippen LogP contribution in [0.3, 0.4) is 0 Å². The molecule has 0 unspecified atom stereocenters. The zero-order valence-corrected chi connectivity index (χ0v) is 9.88. The molecule has 2 aromatic rings. The van der Waals surface area contributed by atoms with Gasteiger partial charge in [0.1, 0.15) is 5.69 Å². The van der Waals surface area contributed by atoms with Gasteiger partial charge in [-0.1, -0.05) is 18.2 Å². The van der Waals surface area contributed by atoms with Crippen LogP contribution < -0.4 is 11.1 Å². The summed E-state index contributed by atoms with van der Waals surface area (Å²) in [5.41, 5.74) is 8.19. The van der Waals surface area contributed by atoms with Crippen molar-refractivity contribution in [3.8, 4) is 0 Å². The van der Waals surface area contributed by atoms with E-state index in [1.807, 2.05) is 31.2 Å². The van der Waals surface area contributed by atoms with Crippen molar-refractivity contribution in [2.24, 2.45) is 0 Å². The zero-order valence-electron chi connectivity index (χ0n) is 9.88. The lowest BCUT2D eigenvalue weighted by Crippen LogP contribution is -1.99. The van der Waals surface area contributed by atoms with Crippen molar-refractivity contribution in [2.75, 3.05) is 11.1 Å². The topological polar surface area (TPSA) is 81.2 Å². The minimum atomic E-state index is -0.447. The maximum absolute atomic E-state index is 11.0. The van der Waals surface area contributed by atoms with Crippen LogP contribution in [0.4, 0.5) is 22.7 Å². The van der Waals surface area contributed by atoms with Gasteiger partial charge in [-0.15, -0.1) is 0 Å². The quantitative estimate of drug-likeness (QED) is 0.492. The van der Waals surface area contributed by atoms with Gasteiger partial charge < -0.3 is 11.1 Å². The molecular weight excluding hydrogens is 230 g/mol. The van der Waals surface area contributed by atoms with Crippen LogP contribution in [-0.4, -0.2) is 4.92 Å². The number of nitrogens with one attached hydrogen (secondary N) is 1. The largest absolute Gasteiger partial charge is 0.399 e. The number of nitrogens with zero attached hydrogens (tertiary/aromatic N) is 1. The molecule has 0 atom stereocenters. The molecule has 92 valence electrons. The summed E-state index contributed by atoms with van der Waals surface area (Å²) in [6.45, 7) is 1.94. The van der Waals surface area contributed by atoms with Gasteiger partial charge in [-0.05, 0) is 30.7 Å². The van der Waals surface area contributed by atoms with Gasteiger partial charge in [-0.25, -0.2) is 0 Å². The molecule has 0 aliphatic rings. The Morgan fingerprint density at radius 1 is 1.17 bits per heavy atom. The normalized spacial score (nSPS) is 10.1. The van der Waals surface area contributed by atoms with Gasteiger partial charge in [0.2, 0.25) is 0 Å². The Morgan fingerprint density at radius 2 is 1.89 bits per heavy atom. The number of nitrogens with two attached hydrogens (primary N) is 1. The molecule has 0 heterocycles. The van der Waals surface area contributed by atoms with Gasteiger partial charge in [-0.2, -0.15) is 0 Å². The second-order valence-corrected chi connectivity index (χ2v) is 3.97. The third-order valence-electron chi connectivity index (χ3n) is 2.63. The summed E-state index contributed by atoms with van der Waals surface area (Å²) >= 11 is 0. The molecule has 0 bridgehead atoms. The first kappa shape index (κ1) is 11.9. The third kappa shape index (κ3) is 2.40. The SMILES string of the molecule is Cc1ccccc1Nc1ccc(N)cc1[N+](=O)[O-]. The maximum Gasteiger partial charge on any atom is 0.294 e. The van der Waals surface area contributed by atoms with E-state index in [4.69, 9.17) is 5.73 Å². The number of nitro benzene ring substituents is 1. The van der Waals surface area contributed by atoms with Gasteiger partial charge in [0.05, 0.1) is 4.92 Å². The molecule has 0 spiro atoms. The van der Waals surface area contributed by atoms with Crippen molar-refractivity contribution < 1.29 is 4.92 Å². The Kier molecular flexibility index (Phi) is 3.14. The monoisotopic (exact) mass is 243 g/mol. The predicted molar refractivity (Wildman–Crippen MR) is 72.0 cm³/mol. The molecule has 0 aromatic heterocycles. The van der Waals surface area contributed by atoms with E-state index in [1.165, 1.54) is 6.07 Å². The second-order valence-electron chi connectivity index (χ2n) is 3.97. The van der Waals surface area contributed by atoms with Gasteiger partial charge in [0.15, 0.2) is 0 Å². The molecule has 5 nitrogen and oxygen atoms in total.